The molecule has 1 heterocycles. The van der Waals surface area contributed by atoms with Crippen LogP contribution in [0.3, 0.4) is 0 Å². The van der Waals surface area contributed by atoms with Crippen LogP contribution in [0.2, 0.25) is 0 Å². The van der Waals surface area contributed by atoms with Gasteiger partial charge in [-0.25, -0.2) is 4.79 Å². The minimum Gasteiger partial charge on any atom is -0.481 e. The van der Waals surface area contributed by atoms with E-state index in [1.807, 2.05) is 0 Å². The third-order valence-corrected chi connectivity index (χ3v) is 2.94. The molecule has 1 aliphatic rings. The number of carboxylic acids is 1. The number of ether oxygens (including phenoxy) is 1. The molecule has 0 saturated carbocycles. The van der Waals surface area contributed by atoms with E-state index >= 15 is 0 Å². The lowest BCUT2D eigenvalue weighted by Gasteiger charge is -2.30. The summed E-state index contributed by atoms with van der Waals surface area (Å²) in [6.07, 6.45) is -0.599. The van der Waals surface area contributed by atoms with E-state index in [0.717, 1.165) is 0 Å². The Morgan fingerprint density at radius 3 is 2.79 bits per heavy atom. The smallest absolute Gasteiger partial charge is 0.414 e. The lowest BCUT2D eigenvalue weighted by molar-refractivity contribution is -0.143. The molecule has 0 aromatic heterocycles. The van der Waals surface area contributed by atoms with Crippen LogP contribution in [-0.4, -0.2) is 36.1 Å². The van der Waals surface area contributed by atoms with Crippen LogP contribution < -0.4 is 4.90 Å². The zero-order valence-electron chi connectivity index (χ0n) is 10.3. The molecule has 1 aliphatic heterocycles. The molecule has 1 unspecified atom stereocenters. The summed E-state index contributed by atoms with van der Waals surface area (Å²) in [6.45, 7) is 1.33. The van der Waals surface area contributed by atoms with Crippen LogP contribution in [0.5, 0.6) is 0 Å². The summed E-state index contributed by atoms with van der Waals surface area (Å²) in [5, 5.41) is 8.96. The molecule has 0 aliphatic carbocycles. The summed E-state index contributed by atoms with van der Waals surface area (Å²) in [4.78, 5) is 35.1. The van der Waals surface area contributed by atoms with Crippen LogP contribution in [0.15, 0.2) is 24.3 Å². The maximum Gasteiger partial charge on any atom is 0.414 e. The van der Waals surface area contributed by atoms with Crippen molar-refractivity contribution in [3.05, 3.63) is 29.8 Å². The Kier molecular flexibility index (Phi) is 3.50. The molecular weight excluding hydrogens is 250 g/mol. The van der Waals surface area contributed by atoms with Crippen molar-refractivity contribution in [2.45, 2.75) is 6.92 Å². The van der Waals surface area contributed by atoms with Crippen molar-refractivity contribution in [3.8, 4) is 0 Å². The number of ketones is 1. The third-order valence-electron chi connectivity index (χ3n) is 2.94. The highest BCUT2D eigenvalue weighted by atomic mass is 16.6. The molecule has 19 heavy (non-hydrogen) atoms. The Labute approximate surface area is 109 Å². The zero-order chi connectivity index (χ0) is 14.0. The molecule has 0 radical (unpaired) electrons. The maximum absolute atomic E-state index is 11.7. The van der Waals surface area contributed by atoms with E-state index in [-0.39, 0.29) is 18.9 Å². The predicted octanol–water partition coefficient (Wildman–Crippen LogP) is 1.55. The van der Waals surface area contributed by atoms with Crippen LogP contribution in [0, 0.1) is 5.92 Å². The monoisotopic (exact) mass is 263 g/mol. The molecule has 6 heteroatoms. The first kappa shape index (κ1) is 13.1. The van der Waals surface area contributed by atoms with Gasteiger partial charge in [-0.1, -0.05) is 12.1 Å². The number of carboxylic acid groups (broad SMARTS) is 1. The fourth-order valence-electron chi connectivity index (χ4n) is 1.85. The Hall–Kier alpha value is -2.37. The number of carbonyl (C=O) groups is 3. The van der Waals surface area contributed by atoms with Gasteiger partial charge in [-0.05, 0) is 19.1 Å². The van der Waals surface area contributed by atoms with Gasteiger partial charge in [0.25, 0.3) is 0 Å². The van der Waals surface area contributed by atoms with Gasteiger partial charge in [0.05, 0.1) is 0 Å². The van der Waals surface area contributed by atoms with E-state index in [2.05, 4.69) is 0 Å². The normalized spacial score (nSPS) is 18.9. The number of nitrogens with zero attached hydrogens (tertiary/aromatic N) is 1. The standard InChI is InChI=1S/C13H13NO5/c1-8(15)9-3-2-4-11(5-9)14-6-10(12(16)17)7-19-13(14)18/h2-5,10H,6-7H2,1H3,(H,16,17). The topological polar surface area (TPSA) is 83.9 Å². The summed E-state index contributed by atoms with van der Waals surface area (Å²) < 4.78 is 4.84. The first-order valence-corrected chi connectivity index (χ1v) is 5.77. The summed E-state index contributed by atoms with van der Waals surface area (Å²) in [5.41, 5.74) is 0.923. The van der Waals surface area contributed by atoms with Crippen molar-refractivity contribution in [1.82, 2.24) is 0 Å². The van der Waals surface area contributed by atoms with E-state index in [9.17, 15) is 14.4 Å². The van der Waals surface area contributed by atoms with Gasteiger partial charge in [-0.2, -0.15) is 0 Å². The molecule has 6 nitrogen and oxygen atoms in total. The summed E-state index contributed by atoms with van der Waals surface area (Å²) in [7, 11) is 0. The molecule has 1 amide bonds. The molecule has 1 fully saturated rings. The van der Waals surface area contributed by atoms with Gasteiger partial charge in [0.1, 0.15) is 12.5 Å². The summed E-state index contributed by atoms with van der Waals surface area (Å²) >= 11 is 0. The number of hydrogen-bond donors (Lipinski definition) is 1. The fraction of sp³-hybridized carbons (Fsp3) is 0.308. The Bertz CT molecular complexity index is 540. The Balaban J connectivity index is 2.28. The van der Waals surface area contributed by atoms with E-state index < -0.39 is 18.0 Å². The molecule has 1 N–H and O–H groups in total. The molecule has 0 bridgehead atoms. The van der Waals surface area contributed by atoms with E-state index in [4.69, 9.17) is 9.84 Å². The molecule has 2 rings (SSSR count). The number of anilines is 1. The second-order valence-corrected chi connectivity index (χ2v) is 4.33. The van der Waals surface area contributed by atoms with Crippen LogP contribution in [0.1, 0.15) is 17.3 Å². The SMILES string of the molecule is CC(=O)c1cccc(N2CC(C(=O)O)COC2=O)c1. The third kappa shape index (κ3) is 2.73. The minimum absolute atomic E-state index is 0.0372. The number of amides is 1. The number of cyclic esters (lactones) is 1. The first-order valence-electron chi connectivity index (χ1n) is 5.77. The van der Waals surface area contributed by atoms with E-state index in [1.54, 1.807) is 24.3 Å². The average molecular weight is 263 g/mol. The van der Waals surface area contributed by atoms with Gasteiger partial charge in [0, 0.05) is 17.8 Å². The summed E-state index contributed by atoms with van der Waals surface area (Å²) in [6, 6.07) is 6.46. The predicted molar refractivity (Wildman–Crippen MR) is 66.3 cm³/mol. The first-order chi connectivity index (χ1) is 8.99. The maximum atomic E-state index is 11.7. The second kappa shape index (κ2) is 5.09. The zero-order valence-corrected chi connectivity index (χ0v) is 10.3. The van der Waals surface area contributed by atoms with Crippen molar-refractivity contribution in [3.63, 3.8) is 0 Å². The molecule has 1 atom stereocenters. The Morgan fingerprint density at radius 1 is 1.42 bits per heavy atom. The molecule has 1 saturated heterocycles. The number of aliphatic carboxylic acids is 1. The highest BCUT2D eigenvalue weighted by molar-refractivity contribution is 5.97. The summed E-state index contributed by atoms with van der Waals surface area (Å²) in [5.74, 6) is -1.90. The fourth-order valence-corrected chi connectivity index (χ4v) is 1.85. The van der Waals surface area contributed by atoms with Crippen molar-refractivity contribution in [2.24, 2.45) is 5.92 Å². The number of carbonyl (C=O) groups excluding carboxylic acids is 2. The van der Waals surface area contributed by atoms with Crippen molar-refractivity contribution < 1.29 is 24.2 Å². The highest BCUT2D eigenvalue weighted by Crippen LogP contribution is 2.22. The molecule has 1 aromatic carbocycles. The Morgan fingerprint density at radius 2 is 2.16 bits per heavy atom. The van der Waals surface area contributed by atoms with Gasteiger partial charge < -0.3 is 9.84 Å². The average Bonchev–Trinajstić information content (AvgIpc) is 2.39. The molecular formula is C13H13NO5. The molecule has 100 valence electrons. The van der Waals surface area contributed by atoms with Crippen LogP contribution in [0.4, 0.5) is 10.5 Å². The van der Waals surface area contributed by atoms with Crippen LogP contribution >= 0.6 is 0 Å². The molecule has 1 aromatic rings. The van der Waals surface area contributed by atoms with Gasteiger partial charge in [-0.3, -0.25) is 14.5 Å². The number of benzene rings is 1. The van der Waals surface area contributed by atoms with E-state index in [1.165, 1.54) is 11.8 Å². The minimum atomic E-state index is -1.01. The lowest BCUT2D eigenvalue weighted by atomic mass is 10.1. The largest absolute Gasteiger partial charge is 0.481 e. The van der Waals surface area contributed by atoms with Crippen molar-refractivity contribution in [2.75, 3.05) is 18.1 Å². The number of Topliss-reactive ketones (excluding diaryl/α,β-unsaturated/α-hetero) is 1. The number of rotatable bonds is 3. The molecule has 0 spiro atoms. The van der Waals surface area contributed by atoms with Gasteiger partial charge in [0.2, 0.25) is 0 Å². The second-order valence-electron chi connectivity index (χ2n) is 4.33. The van der Waals surface area contributed by atoms with Gasteiger partial charge >= 0.3 is 12.1 Å². The highest BCUT2D eigenvalue weighted by Gasteiger charge is 2.32. The quantitative estimate of drug-likeness (QED) is 0.836. The lowest BCUT2D eigenvalue weighted by Crippen LogP contribution is -2.45. The van der Waals surface area contributed by atoms with E-state index in [0.29, 0.717) is 11.3 Å². The van der Waals surface area contributed by atoms with Gasteiger partial charge in [0.15, 0.2) is 5.78 Å². The van der Waals surface area contributed by atoms with Crippen LogP contribution in [0.25, 0.3) is 0 Å². The van der Waals surface area contributed by atoms with Crippen molar-refractivity contribution in [1.29, 1.82) is 0 Å². The van der Waals surface area contributed by atoms with Crippen molar-refractivity contribution >= 4 is 23.5 Å². The van der Waals surface area contributed by atoms with Gasteiger partial charge in [-0.15, -0.1) is 0 Å². The number of hydrogen-bond acceptors (Lipinski definition) is 4. The van der Waals surface area contributed by atoms with Crippen LogP contribution in [-0.2, 0) is 9.53 Å².